The number of carbonyl (C=O) groups excluding carboxylic acids is 2. The molecule has 0 unspecified atom stereocenters. The van der Waals surface area contributed by atoms with E-state index in [0.29, 0.717) is 12.8 Å². The Bertz CT molecular complexity index is 297. The average Bonchev–Trinajstić information content (AvgIpc) is 2.36. The maximum Gasteiger partial charge on any atom is 0.316 e. The van der Waals surface area contributed by atoms with Gasteiger partial charge >= 0.3 is 11.9 Å². The van der Waals surface area contributed by atoms with Crippen molar-refractivity contribution >= 4 is 11.9 Å². The number of rotatable bonds is 9. The summed E-state index contributed by atoms with van der Waals surface area (Å²) in [5.41, 5.74) is -0.898. The first-order chi connectivity index (χ1) is 8.56. The van der Waals surface area contributed by atoms with Gasteiger partial charge in [-0.25, -0.2) is 0 Å². The van der Waals surface area contributed by atoms with Crippen LogP contribution in [0.3, 0.4) is 0 Å². The van der Waals surface area contributed by atoms with Crippen molar-refractivity contribution in [1.82, 2.24) is 0 Å². The highest BCUT2D eigenvalue weighted by molar-refractivity contribution is 5.78. The summed E-state index contributed by atoms with van der Waals surface area (Å²) in [6.45, 7) is 11.0. The van der Waals surface area contributed by atoms with E-state index < -0.39 is 5.41 Å². The molecule has 0 N–H and O–H groups in total. The molecule has 0 saturated heterocycles. The Balaban J connectivity index is 4.93. The van der Waals surface area contributed by atoms with Crippen molar-refractivity contribution in [2.75, 3.05) is 13.2 Å². The van der Waals surface area contributed by atoms with Gasteiger partial charge in [0.15, 0.2) is 0 Å². The molecule has 0 aromatic rings. The third-order valence-corrected chi connectivity index (χ3v) is 2.58. The van der Waals surface area contributed by atoms with Crippen LogP contribution in [0.5, 0.6) is 0 Å². The Kier molecular flexibility index (Phi) is 7.76. The summed E-state index contributed by atoms with van der Waals surface area (Å²) < 4.78 is 10.1. The molecule has 0 rings (SSSR count). The summed E-state index contributed by atoms with van der Waals surface area (Å²) >= 11 is 0. The minimum absolute atomic E-state index is 0.00343. The summed E-state index contributed by atoms with van der Waals surface area (Å²) in [5, 5.41) is 0. The molecule has 0 fully saturated rings. The Morgan fingerprint density at radius 3 is 2.06 bits per heavy atom. The monoisotopic (exact) mass is 254 g/mol. The predicted octanol–water partition coefficient (Wildman–Crippen LogP) is 2.64. The molecule has 0 spiro atoms. The number of allylic oxidation sites excluding steroid dienone is 2. The van der Waals surface area contributed by atoms with E-state index in [0.717, 1.165) is 0 Å². The highest BCUT2D eigenvalue weighted by Gasteiger charge is 2.39. The zero-order valence-corrected chi connectivity index (χ0v) is 11.2. The topological polar surface area (TPSA) is 52.6 Å². The van der Waals surface area contributed by atoms with Gasteiger partial charge in [-0.05, 0) is 19.8 Å². The number of carbonyl (C=O) groups is 2. The van der Waals surface area contributed by atoms with Gasteiger partial charge in [0.1, 0.15) is 12.0 Å². The van der Waals surface area contributed by atoms with Crippen molar-refractivity contribution in [1.29, 1.82) is 0 Å². The lowest BCUT2D eigenvalue weighted by atomic mass is 9.82. The van der Waals surface area contributed by atoms with Gasteiger partial charge in [0.25, 0.3) is 0 Å². The molecular formula is C14H22O4. The van der Waals surface area contributed by atoms with Crippen molar-refractivity contribution < 1.29 is 19.1 Å². The van der Waals surface area contributed by atoms with Gasteiger partial charge in [-0.2, -0.15) is 0 Å². The summed E-state index contributed by atoms with van der Waals surface area (Å²) in [5.74, 6) is -0.717. The van der Waals surface area contributed by atoms with Crippen LogP contribution in [0.25, 0.3) is 0 Å². The molecule has 0 atom stereocenters. The lowest BCUT2D eigenvalue weighted by Crippen LogP contribution is -2.37. The molecule has 102 valence electrons. The lowest BCUT2D eigenvalue weighted by molar-refractivity contribution is -0.163. The van der Waals surface area contributed by atoms with Crippen LogP contribution >= 0.6 is 0 Å². The van der Waals surface area contributed by atoms with E-state index in [1.54, 1.807) is 26.0 Å². The first-order valence-corrected chi connectivity index (χ1v) is 6.11. The largest absolute Gasteiger partial charge is 0.465 e. The molecule has 4 heteroatoms. The number of ether oxygens (including phenoxy) is 2. The minimum atomic E-state index is -0.898. The van der Waals surface area contributed by atoms with E-state index in [1.807, 2.05) is 0 Å². The van der Waals surface area contributed by atoms with Crippen LogP contribution in [-0.4, -0.2) is 25.2 Å². The van der Waals surface area contributed by atoms with Gasteiger partial charge in [0.2, 0.25) is 0 Å². The molecule has 0 aromatic carbocycles. The van der Waals surface area contributed by atoms with Crippen LogP contribution in [0, 0.1) is 5.41 Å². The van der Waals surface area contributed by atoms with Gasteiger partial charge in [-0.3, -0.25) is 9.59 Å². The first kappa shape index (κ1) is 16.4. The molecule has 0 aliphatic rings. The highest BCUT2D eigenvalue weighted by atomic mass is 16.6. The third kappa shape index (κ3) is 4.73. The SMILES string of the molecule is C=CCC(CC=C)(COC(=O)CC)C(=O)OCC. The normalized spacial score (nSPS) is 10.6. The fraction of sp³-hybridized carbons (Fsp3) is 0.571. The van der Waals surface area contributed by atoms with E-state index in [9.17, 15) is 9.59 Å². The van der Waals surface area contributed by atoms with Crippen LogP contribution in [-0.2, 0) is 19.1 Å². The smallest absolute Gasteiger partial charge is 0.316 e. The van der Waals surface area contributed by atoms with Gasteiger partial charge < -0.3 is 9.47 Å². The van der Waals surface area contributed by atoms with Crippen molar-refractivity contribution in [3.8, 4) is 0 Å². The summed E-state index contributed by atoms with van der Waals surface area (Å²) in [6.07, 6.45) is 4.30. The van der Waals surface area contributed by atoms with Crippen LogP contribution < -0.4 is 0 Å². The standard InChI is InChI=1S/C14H22O4/c1-5-9-14(10-6-2,13(16)17-8-4)11-18-12(15)7-3/h5-6H,1-2,7-11H2,3-4H3. The minimum Gasteiger partial charge on any atom is -0.465 e. The van der Waals surface area contributed by atoms with E-state index >= 15 is 0 Å². The Morgan fingerprint density at radius 1 is 1.11 bits per heavy atom. The van der Waals surface area contributed by atoms with Crippen molar-refractivity contribution in [3.05, 3.63) is 25.3 Å². The van der Waals surface area contributed by atoms with Crippen molar-refractivity contribution in [3.63, 3.8) is 0 Å². The second-order valence-electron chi connectivity index (χ2n) is 4.00. The van der Waals surface area contributed by atoms with Crippen molar-refractivity contribution in [2.24, 2.45) is 5.41 Å². The van der Waals surface area contributed by atoms with Gasteiger partial charge in [0, 0.05) is 6.42 Å². The molecule has 0 aromatic heterocycles. The molecule has 0 aliphatic carbocycles. The van der Waals surface area contributed by atoms with E-state index in [4.69, 9.17) is 9.47 Å². The molecule has 0 heterocycles. The number of esters is 2. The maximum absolute atomic E-state index is 12.0. The van der Waals surface area contributed by atoms with E-state index in [-0.39, 0.29) is 31.6 Å². The third-order valence-electron chi connectivity index (χ3n) is 2.58. The van der Waals surface area contributed by atoms with E-state index in [1.165, 1.54) is 0 Å². The summed E-state index contributed by atoms with van der Waals surface area (Å²) in [6, 6.07) is 0. The van der Waals surface area contributed by atoms with E-state index in [2.05, 4.69) is 13.2 Å². The molecule has 18 heavy (non-hydrogen) atoms. The molecule has 4 nitrogen and oxygen atoms in total. The average molecular weight is 254 g/mol. The second-order valence-corrected chi connectivity index (χ2v) is 4.00. The summed E-state index contributed by atoms with van der Waals surface area (Å²) in [7, 11) is 0. The first-order valence-electron chi connectivity index (χ1n) is 6.11. The zero-order chi connectivity index (χ0) is 14.0. The zero-order valence-electron chi connectivity index (χ0n) is 11.2. The van der Waals surface area contributed by atoms with Gasteiger partial charge in [0.05, 0.1) is 6.61 Å². The van der Waals surface area contributed by atoms with Crippen molar-refractivity contribution in [2.45, 2.75) is 33.1 Å². The van der Waals surface area contributed by atoms with Crippen LogP contribution in [0.2, 0.25) is 0 Å². The Morgan fingerprint density at radius 2 is 1.67 bits per heavy atom. The fourth-order valence-electron chi connectivity index (χ4n) is 1.58. The molecule has 0 amide bonds. The molecule has 0 bridgehead atoms. The van der Waals surface area contributed by atoms with Gasteiger partial charge in [-0.15, -0.1) is 13.2 Å². The van der Waals surface area contributed by atoms with Gasteiger partial charge in [-0.1, -0.05) is 19.1 Å². The Labute approximate surface area is 109 Å². The number of hydrogen-bond acceptors (Lipinski definition) is 4. The van der Waals surface area contributed by atoms with Crippen LogP contribution in [0.1, 0.15) is 33.1 Å². The van der Waals surface area contributed by atoms with Crippen LogP contribution in [0.4, 0.5) is 0 Å². The van der Waals surface area contributed by atoms with Crippen LogP contribution in [0.15, 0.2) is 25.3 Å². The quantitative estimate of drug-likeness (QED) is 0.469. The Hall–Kier alpha value is -1.58. The highest BCUT2D eigenvalue weighted by Crippen LogP contribution is 2.30. The molecular weight excluding hydrogens is 232 g/mol. The lowest BCUT2D eigenvalue weighted by Gasteiger charge is -2.28. The molecule has 0 radical (unpaired) electrons. The molecule has 0 aliphatic heterocycles. The fourth-order valence-corrected chi connectivity index (χ4v) is 1.58. The number of hydrogen-bond donors (Lipinski definition) is 0. The molecule has 0 saturated carbocycles. The second kappa shape index (κ2) is 8.50. The maximum atomic E-state index is 12.0. The predicted molar refractivity (Wildman–Crippen MR) is 69.9 cm³/mol. The summed E-state index contributed by atoms with van der Waals surface area (Å²) in [4.78, 5) is 23.3.